The summed E-state index contributed by atoms with van der Waals surface area (Å²) >= 11 is 5.97. The summed E-state index contributed by atoms with van der Waals surface area (Å²) in [5.41, 5.74) is 1.62. The van der Waals surface area contributed by atoms with E-state index in [1.165, 1.54) is 0 Å². The zero-order chi connectivity index (χ0) is 18.8. The Morgan fingerprint density at radius 2 is 1.84 bits per heavy atom. The van der Waals surface area contributed by atoms with E-state index >= 15 is 0 Å². The van der Waals surface area contributed by atoms with Crippen molar-refractivity contribution in [2.24, 2.45) is 0 Å². The number of likely N-dealkylation sites (tertiary alicyclic amines) is 1. The minimum absolute atomic E-state index is 0.138. The van der Waals surface area contributed by atoms with E-state index in [1.54, 1.807) is 37.8 Å². The summed E-state index contributed by atoms with van der Waals surface area (Å²) in [6, 6.07) is 5.02. The monoisotopic (exact) mass is 387 g/mol. The SMILES string of the molecule is Cc1ccc(Cl)cc1NC(=O)N1CCC(NS(=O)(=O)C(C)(C)C)CC1. The molecule has 0 aliphatic carbocycles. The maximum absolute atomic E-state index is 12.4. The molecule has 1 aliphatic rings. The van der Waals surface area contributed by atoms with E-state index in [-0.39, 0.29) is 12.1 Å². The molecule has 25 heavy (non-hydrogen) atoms. The second-order valence-corrected chi connectivity index (χ2v) is 10.3. The summed E-state index contributed by atoms with van der Waals surface area (Å²) in [5.74, 6) is 0. The van der Waals surface area contributed by atoms with Crippen LogP contribution in [0.25, 0.3) is 0 Å². The zero-order valence-electron chi connectivity index (χ0n) is 15.1. The van der Waals surface area contributed by atoms with E-state index in [1.807, 2.05) is 13.0 Å². The summed E-state index contributed by atoms with van der Waals surface area (Å²) in [6.07, 6.45) is 1.19. The van der Waals surface area contributed by atoms with Crippen molar-refractivity contribution in [2.45, 2.75) is 51.3 Å². The number of piperidine rings is 1. The number of nitrogens with one attached hydrogen (secondary N) is 2. The van der Waals surface area contributed by atoms with Gasteiger partial charge >= 0.3 is 6.03 Å². The highest BCUT2D eigenvalue weighted by Crippen LogP contribution is 2.22. The normalized spacial score (nSPS) is 16.8. The fraction of sp³-hybridized carbons (Fsp3) is 0.588. The highest BCUT2D eigenvalue weighted by Gasteiger charge is 2.33. The number of halogens is 1. The smallest absolute Gasteiger partial charge is 0.321 e. The average molecular weight is 388 g/mol. The van der Waals surface area contributed by atoms with Crippen molar-refractivity contribution in [3.8, 4) is 0 Å². The molecule has 1 fully saturated rings. The summed E-state index contributed by atoms with van der Waals surface area (Å²) < 4.78 is 26.4. The third-order valence-corrected chi connectivity index (χ3v) is 6.84. The molecule has 1 aliphatic heterocycles. The molecule has 0 radical (unpaired) electrons. The van der Waals surface area contributed by atoms with Crippen LogP contribution in [0.3, 0.4) is 0 Å². The van der Waals surface area contributed by atoms with Gasteiger partial charge in [0.15, 0.2) is 0 Å². The fourth-order valence-corrected chi connectivity index (χ4v) is 3.72. The summed E-state index contributed by atoms with van der Waals surface area (Å²) in [6.45, 7) is 7.92. The third-order valence-electron chi connectivity index (χ3n) is 4.35. The van der Waals surface area contributed by atoms with E-state index in [0.29, 0.717) is 36.6 Å². The Hall–Kier alpha value is -1.31. The fourth-order valence-electron chi connectivity index (χ4n) is 2.52. The maximum Gasteiger partial charge on any atom is 0.321 e. The van der Waals surface area contributed by atoms with Crippen LogP contribution in [0.4, 0.5) is 10.5 Å². The number of rotatable bonds is 3. The van der Waals surface area contributed by atoms with E-state index in [9.17, 15) is 13.2 Å². The maximum atomic E-state index is 12.4. The standard InChI is InChI=1S/C17H26ClN3O3S/c1-12-5-6-13(18)11-15(12)19-16(22)21-9-7-14(8-10-21)20-25(23,24)17(2,3)4/h5-6,11,14,20H,7-10H2,1-4H3,(H,19,22). The van der Waals surface area contributed by atoms with Gasteiger partial charge in [-0.2, -0.15) is 0 Å². The predicted molar refractivity (Wildman–Crippen MR) is 102 cm³/mol. The van der Waals surface area contributed by atoms with Gasteiger partial charge < -0.3 is 10.2 Å². The van der Waals surface area contributed by atoms with Crippen LogP contribution < -0.4 is 10.0 Å². The highest BCUT2D eigenvalue weighted by atomic mass is 35.5. The van der Waals surface area contributed by atoms with Crippen molar-refractivity contribution in [3.05, 3.63) is 28.8 Å². The average Bonchev–Trinajstić information content (AvgIpc) is 2.50. The second kappa shape index (κ2) is 7.51. The summed E-state index contributed by atoms with van der Waals surface area (Å²) in [4.78, 5) is 14.1. The van der Waals surface area contributed by atoms with Crippen molar-refractivity contribution >= 4 is 33.3 Å². The van der Waals surface area contributed by atoms with E-state index < -0.39 is 14.8 Å². The molecular weight excluding hydrogens is 362 g/mol. The molecule has 0 unspecified atom stereocenters. The van der Waals surface area contributed by atoms with Gasteiger partial charge in [0.05, 0.1) is 4.75 Å². The summed E-state index contributed by atoms with van der Waals surface area (Å²) in [7, 11) is -3.38. The van der Waals surface area contributed by atoms with Crippen molar-refractivity contribution in [3.63, 3.8) is 0 Å². The van der Waals surface area contributed by atoms with Crippen molar-refractivity contribution < 1.29 is 13.2 Å². The molecule has 0 bridgehead atoms. The lowest BCUT2D eigenvalue weighted by molar-refractivity contribution is 0.193. The van der Waals surface area contributed by atoms with Crippen LogP contribution in [0.1, 0.15) is 39.2 Å². The first-order valence-electron chi connectivity index (χ1n) is 8.33. The first-order valence-corrected chi connectivity index (χ1v) is 10.2. The zero-order valence-corrected chi connectivity index (χ0v) is 16.7. The number of amides is 2. The van der Waals surface area contributed by atoms with Gasteiger partial charge in [0.25, 0.3) is 0 Å². The van der Waals surface area contributed by atoms with Gasteiger partial charge in [0, 0.05) is 29.8 Å². The Kier molecular flexibility index (Phi) is 6.01. The first kappa shape index (κ1) is 20.0. The largest absolute Gasteiger partial charge is 0.324 e. The molecule has 1 aromatic rings. The number of anilines is 1. The van der Waals surface area contributed by atoms with Gasteiger partial charge in [0.2, 0.25) is 10.0 Å². The number of benzene rings is 1. The molecule has 1 heterocycles. The highest BCUT2D eigenvalue weighted by molar-refractivity contribution is 7.90. The number of sulfonamides is 1. The number of carbonyl (C=O) groups excluding carboxylic acids is 1. The number of hydrogen-bond donors (Lipinski definition) is 2. The number of carbonyl (C=O) groups is 1. The molecule has 0 aromatic heterocycles. The number of aryl methyl sites for hydroxylation is 1. The molecule has 2 N–H and O–H groups in total. The van der Waals surface area contributed by atoms with Crippen molar-refractivity contribution in [1.29, 1.82) is 0 Å². The van der Waals surface area contributed by atoms with Crippen molar-refractivity contribution in [1.82, 2.24) is 9.62 Å². The predicted octanol–water partition coefficient (Wildman–Crippen LogP) is 3.36. The van der Waals surface area contributed by atoms with Crippen LogP contribution in [0.2, 0.25) is 5.02 Å². The van der Waals surface area contributed by atoms with Gasteiger partial charge in [-0.05, 0) is 58.2 Å². The molecule has 6 nitrogen and oxygen atoms in total. The lowest BCUT2D eigenvalue weighted by Gasteiger charge is -2.33. The van der Waals surface area contributed by atoms with Gasteiger partial charge in [-0.3, -0.25) is 0 Å². The Labute approximate surface area is 155 Å². The van der Waals surface area contributed by atoms with Crippen LogP contribution in [0.5, 0.6) is 0 Å². The Morgan fingerprint density at radius 3 is 2.40 bits per heavy atom. The van der Waals surface area contributed by atoms with Crippen molar-refractivity contribution in [2.75, 3.05) is 18.4 Å². The van der Waals surface area contributed by atoms with Gasteiger partial charge in [-0.15, -0.1) is 0 Å². The molecule has 0 spiro atoms. The molecule has 140 valence electrons. The molecule has 2 rings (SSSR count). The number of urea groups is 1. The number of nitrogens with zero attached hydrogens (tertiary/aromatic N) is 1. The van der Waals surface area contributed by atoms with E-state index in [0.717, 1.165) is 5.56 Å². The van der Waals surface area contributed by atoms with Crippen LogP contribution in [-0.4, -0.2) is 43.2 Å². The topological polar surface area (TPSA) is 78.5 Å². The van der Waals surface area contributed by atoms with E-state index in [2.05, 4.69) is 10.0 Å². The lowest BCUT2D eigenvalue weighted by Crippen LogP contribution is -2.50. The van der Waals surface area contributed by atoms with Gasteiger partial charge in [-0.25, -0.2) is 17.9 Å². The van der Waals surface area contributed by atoms with Crippen LogP contribution in [-0.2, 0) is 10.0 Å². The van der Waals surface area contributed by atoms with E-state index in [4.69, 9.17) is 11.6 Å². The Morgan fingerprint density at radius 1 is 1.24 bits per heavy atom. The quantitative estimate of drug-likeness (QED) is 0.834. The van der Waals surface area contributed by atoms with Crippen LogP contribution in [0.15, 0.2) is 18.2 Å². The molecule has 2 amide bonds. The van der Waals surface area contributed by atoms with Gasteiger partial charge in [-0.1, -0.05) is 17.7 Å². The molecule has 0 atom stereocenters. The first-order chi connectivity index (χ1) is 11.5. The Bertz CT molecular complexity index is 736. The van der Waals surface area contributed by atoms with Gasteiger partial charge in [0.1, 0.15) is 0 Å². The minimum atomic E-state index is -3.38. The minimum Gasteiger partial charge on any atom is -0.324 e. The molecule has 1 aromatic carbocycles. The van der Waals surface area contributed by atoms with Crippen LogP contribution >= 0.6 is 11.6 Å². The Balaban J connectivity index is 1.91. The number of hydrogen-bond acceptors (Lipinski definition) is 3. The lowest BCUT2D eigenvalue weighted by atomic mass is 10.1. The second-order valence-electron chi connectivity index (χ2n) is 7.38. The molecule has 1 saturated heterocycles. The molecular formula is C17H26ClN3O3S. The summed E-state index contributed by atoms with van der Waals surface area (Å²) in [5, 5.41) is 3.44. The molecule has 0 saturated carbocycles. The molecule has 8 heteroatoms. The third kappa shape index (κ3) is 5.09. The van der Waals surface area contributed by atoms with Crippen LogP contribution in [0, 0.1) is 6.92 Å².